The molecule has 0 bridgehead atoms. The van der Waals surface area contributed by atoms with Crippen molar-refractivity contribution in [3.63, 3.8) is 0 Å². The fourth-order valence-electron chi connectivity index (χ4n) is 4.13. The molecule has 5 heteroatoms. The molecule has 5 nitrogen and oxygen atoms in total. The summed E-state index contributed by atoms with van der Waals surface area (Å²) in [6.07, 6.45) is 2.56. The van der Waals surface area contributed by atoms with Crippen molar-refractivity contribution in [2.75, 3.05) is 6.61 Å². The predicted molar refractivity (Wildman–Crippen MR) is 88.9 cm³/mol. The lowest BCUT2D eigenvalue weighted by atomic mass is 10.0. The zero-order valence-electron chi connectivity index (χ0n) is 15.1. The Labute approximate surface area is 138 Å². The second-order valence-electron chi connectivity index (χ2n) is 8.37. The van der Waals surface area contributed by atoms with E-state index in [1.165, 1.54) is 0 Å². The number of nitrogens with zero attached hydrogens (tertiary/aromatic N) is 2. The van der Waals surface area contributed by atoms with Crippen LogP contribution in [0.2, 0.25) is 0 Å². The lowest BCUT2D eigenvalue weighted by molar-refractivity contribution is -0.124. The van der Waals surface area contributed by atoms with Crippen LogP contribution >= 0.6 is 0 Å². The Kier molecular flexibility index (Phi) is 3.82. The van der Waals surface area contributed by atoms with Crippen molar-refractivity contribution >= 4 is 5.91 Å². The molecule has 1 amide bonds. The van der Waals surface area contributed by atoms with Gasteiger partial charge in [-0.2, -0.15) is 5.10 Å². The van der Waals surface area contributed by atoms with Crippen LogP contribution in [0.4, 0.5) is 0 Å². The molecule has 3 rings (SSSR count). The van der Waals surface area contributed by atoms with Gasteiger partial charge in [0.25, 0.3) is 0 Å². The minimum Gasteiger partial charge on any atom is -0.370 e. The van der Waals surface area contributed by atoms with Gasteiger partial charge < -0.3 is 10.1 Å². The van der Waals surface area contributed by atoms with E-state index in [0.29, 0.717) is 6.61 Å². The molecule has 0 spiro atoms. The second-order valence-corrected chi connectivity index (χ2v) is 8.37. The number of nitrogens with one attached hydrogen (secondary N) is 1. The summed E-state index contributed by atoms with van der Waals surface area (Å²) in [6.45, 7) is 13.6. The fourth-order valence-corrected chi connectivity index (χ4v) is 4.13. The van der Waals surface area contributed by atoms with Crippen molar-refractivity contribution in [2.24, 2.45) is 16.7 Å². The summed E-state index contributed by atoms with van der Waals surface area (Å²) in [7, 11) is 0. The van der Waals surface area contributed by atoms with Gasteiger partial charge in [-0.25, -0.2) is 0 Å². The van der Waals surface area contributed by atoms with E-state index >= 15 is 0 Å². The lowest BCUT2D eigenvalue weighted by Gasteiger charge is -2.22. The standard InChI is InChI=1S/C18H29N3O2/c1-11(2)21-13(7-9-19-21)14-12(8-10-23-14)20-16(22)15-17(3,4)18(15,5)6/h7,9,11-12,14-15H,8,10H2,1-6H3,(H,20,22)/t12-,14-/m0/s1. The van der Waals surface area contributed by atoms with E-state index in [2.05, 4.69) is 52.0 Å². The third-order valence-electron chi connectivity index (χ3n) is 6.18. The molecular formula is C18H29N3O2. The van der Waals surface area contributed by atoms with Crippen LogP contribution in [0.1, 0.15) is 65.8 Å². The zero-order valence-corrected chi connectivity index (χ0v) is 15.1. The number of ether oxygens (including phenoxy) is 1. The van der Waals surface area contributed by atoms with Crippen LogP contribution in [0.5, 0.6) is 0 Å². The van der Waals surface area contributed by atoms with Gasteiger partial charge in [-0.15, -0.1) is 0 Å². The summed E-state index contributed by atoms with van der Waals surface area (Å²) in [5, 5.41) is 7.64. The molecule has 1 aliphatic carbocycles. The van der Waals surface area contributed by atoms with Gasteiger partial charge in [0.1, 0.15) is 6.10 Å². The summed E-state index contributed by atoms with van der Waals surface area (Å²) in [6, 6.07) is 2.31. The van der Waals surface area contributed by atoms with Gasteiger partial charge in [0, 0.05) is 24.8 Å². The predicted octanol–water partition coefficient (Wildman–Crippen LogP) is 3.09. The summed E-state index contributed by atoms with van der Waals surface area (Å²) < 4.78 is 7.92. The zero-order chi connectivity index (χ0) is 17.0. The molecule has 1 saturated carbocycles. The monoisotopic (exact) mass is 319 g/mol. The third kappa shape index (κ3) is 2.49. The number of carbonyl (C=O) groups is 1. The Hall–Kier alpha value is -1.36. The van der Waals surface area contributed by atoms with Gasteiger partial charge in [-0.1, -0.05) is 27.7 Å². The molecule has 1 aromatic heterocycles. The minimum absolute atomic E-state index is 0.0314. The van der Waals surface area contributed by atoms with E-state index in [1.807, 2.05) is 16.9 Å². The molecule has 128 valence electrons. The highest BCUT2D eigenvalue weighted by atomic mass is 16.5. The van der Waals surface area contributed by atoms with E-state index in [1.54, 1.807) is 0 Å². The first-order valence-electron chi connectivity index (χ1n) is 8.63. The maximum absolute atomic E-state index is 12.7. The quantitative estimate of drug-likeness (QED) is 0.928. The number of hydrogen-bond donors (Lipinski definition) is 1. The molecule has 0 unspecified atom stereocenters. The van der Waals surface area contributed by atoms with E-state index in [4.69, 9.17) is 4.74 Å². The number of amides is 1. The average molecular weight is 319 g/mol. The van der Waals surface area contributed by atoms with Gasteiger partial charge in [0.05, 0.1) is 11.7 Å². The van der Waals surface area contributed by atoms with E-state index in [-0.39, 0.29) is 40.8 Å². The molecule has 2 fully saturated rings. The SMILES string of the molecule is CC(C)n1nccc1[C@H]1OCC[C@@H]1NC(=O)C1C(C)(C)C1(C)C. The average Bonchev–Trinajstić information content (AvgIpc) is 2.91. The first kappa shape index (κ1) is 16.5. The Bertz CT molecular complexity index is 589. The summed E-state index contributed by atoms with van der Waals surface area (Å²) >= 11 is 0. The van der Waals surface area contributed by atoms with Gasteiger partial charge in [-0.05, 0) is 37.2 Å². The molecule has 23 heavy (non-hydrogen) atoms. The molecule has 2 atom stereocenters. The Balaban J connectivity index is 1.73. The Morgan fingerprint density at radius 3 is 2.57 bits per heavy atom. The number of aromatic nitrogens is 2. The van der Waals surface area contributed by atoms with Crippen molar-refractivity contribution in [3.05, 3.63) is 18.0 Å². The van der Waals surface area contributed by atoms with Crippen molar-refractivity contribution in [1.82, 2.24) is 15.1 Å². The van der Waals surface area contributed by atoms with Crippen LogP contribution in [0.15, 0.2) is 12.3 Å². The van der Waals surface area contributed by atoms with Crippen LogP contribution in [-0.2, 0) is 9.53 Å². The second kappa shape index (κ2) is 5.33. The van der Waals surface area contributed by atoms with Crippen LogP contribution in [0.25, 0.3) is 0 Å². The van der Waals surface area contributed by atoms with Crippen molar-refractivity contribution in [2.45, 2.75) is 66.2 Å². The Morgan fingerprint density at radius 2 is 2.00 bits per heavy atom. The van der Waals surface area contributed by atoms with E-state index < -0.39 is 0 Å². The van der Waals surface area contributed by atoms with Gasteiger partial charge in [0.15, 0.2) is 0 Å². The first-order valence-corrected chi connectivity index (χ1v) is 8.63. The van der Waals surface area contributed by atoms with Gasteiger partial charge >= 0.3 is 0 Å². The van der Waals surface area contributed by atoms with Gasteiger partial charge in [-0.3, -0.25) is 9.48 Å². The molecule has 1 aliphatic heterocycles. The van der Waals surface area contributed by atoms with Crippen LogP contribution in [0, 0.1) is 16.7 Å². The highest BCUT2D eigenvalue weighted by Gasteiger charge is 2.68. The third-order valence-corrected chi connectivity index (χ3v) is 6.18. The van der Waals surface area contributed by atoms with Gasteiger partial charge in [0.2, 0.25) is 5.91 Å². The van der Waals surface area contributed by atoms with Crippen LogP contribution in [-0.4, -0.2) is 28.3 Å². The van der Waals surface area contributed by atoms with Crippen LogP contribution < -0.4 is 5.32 Å². The normalized spacial score (nSPS) is 29.0. The molecule has 0 radical (unpaired) electrons. The minimum atomic E-state index is -0.103. The van der Waals surface area contributed by atoms with Crippen LogP contribution in [0.3, 0.4) is 0 Å². The summed E-state index contributed by atoms with van der Waals surface area (Å²) in [5.74, 6) is 0.238. The van der Waals surface area contributed by atoms with Crippen molar-refractivity contribution in [1.29, 1.82) is 0 Å². The fraction of sp³-hybridized carbons (Fsp3) is 0.778. The molecule has 0 aromatic carbocycles. The maximum Gasteiger partial charge on any atom is 0.224 e. The molecule has 1 aromatic rings. The largest absolute Gasteiger partial charge is 0.370 e. The first-order chi connectivity index (χ1) is 10.7. The number of hydrogen-bond acceptors (Lipinski definition) is 3. The van der Waals surface area contributed by atoms with E-state index in [9.17, 15) is 4.79 Å². The highest BCUT2D eigenvalue weighted by Crippen LogP contribution is 2.68. The van der Waals surface area contributed by atoms with Crippen molar-refractivity contribution in [3.8, 4) is 0 Å². The number of carbonyl (C=O) groups excluding carboxylic acids is 1. The summed E-state index contributed by atoms with van der Waals surface area (Å²) in [5.41, 5.74) is 1.18. The molecule has 2 heterocycles. The smallest absolute Gasteiger partial charge is 0.224 e. The highest BCUT2D eigenvalue weighted by molar-refractivity contribution is 5.84. The summed E-state index contributed by atoms with van der Waals surface area (Å²) in [4.78, 5) is 12.7. The lowest BCUT2D eigenvalue weighted by Crippen LogP contribution is -2.39. The molecule has 1 saturated heterocycles. The molecular weight excluding hydrogens is 290 g/mol. The molecule has 2 aliphatic rings. The maximum atomic E-state index is 12.7. The topological polar surface area (TPSA) is 56.1 Å². The van der Waals surface area contributed by atoms with Crippen molar-refractivity contribution < 1.29 is 9.53 Å². The molecule has 1 N–H and O–H groups in total. The number of rotatable bonds is 4. The Morgan fingerprint density at radius 1 is 1.35 bits per heavy atom. The van der Waals surface area contributed by atoms with E-state index in [0.717, 1.165) is 12.1 Å².